The molecule has 21 heavy (non-hydrogen) atoms. The fourth-order valence-electron chi connectivity index (χ4n) is 2.97. The van der Waals surface area contributed by atoms with Crippen molar-refractivity contribution in [3.8, 4) is 0 Å². The van der Waals surface area contributed by atoms with Gasteiger partial charge in [-0.05, 0) is 46.5 Å². The molecule has 1 aliphatic carbocycles. The Kier molecular flexibility index (Phi) is 4.25. The van der Waals surface area contributed by atoms with Gasteiger partial charge in [0.1, 0.15) is 11.6 Å². The van der Waals surface area contributed by atoms with Crippen LogP contribution in [0.15, 0.2) is 0 Å². The summed E-state index contributed by atoms with van der Waals surface area (Å²) in [6, 6.07) is -0.489. The summed E-state index contributed by atoms with van der Waals surface area (Å²) in [5, 5.41) is 9.33. The first-order valence-corrected chi connectivity index (χ1v) is 7.66. The first-order chi connectivity index (χ1) is 9.80. The second-order valence-electron chi connectivity index (χ2n) is 6.41. The van der Waals surface area contributed by atoms with Gasteiger partial charge in [0.05, 0.1) is 0 Å². The number of likely N-dealkylation sites (tertiary alicyclic amines) is 1. The quantitative estimate of drug-likeness (QED) is 0.824. The molecule has 0 aromatic rings. The van der Waals surface area contributed by atoms with Crippen molar-refractivity contribution >= 4 is 17.8 Å². The molecule has 2 aliphatic rings. The molecule has 1 heterocycles. The molecule has 6 heteroatoms. The van der Waals surface area contributed by atoms with Crippen molar-refractivity contribution in [3.05, 3.63) is 0 Å². The lowest BCUT2D eigenvalue weighted by Crippen LogP contribution is -2.58. The molecule has 1 saturated carbocycles. The molecule has 1 unspecified atom stereocenters. The topological polar surface area (TPSA) is 77.9 Å². The van der Waals surface area contributed by atoms with Crippen molar-refractivity contribution in [2.75, 3.05) is 13.1 Å². The lowest BCUT2D eigenvalue weighted by molar-refractivity contribution is -0.159. The van der Waals surface area contributed by atoms with E-state index in [1.165, 1.54) is 18.7 Å². The Morgan fingerprint density at radius 2 is 1.86 bits per heavy atom. The Labute approximate surface area is 125 Å². The van der Waals surface area contributed by atoms with E-state index >= 15 is 0 Å². The van der Waals surface area contributed by atoms with E-state index in [0.29, 0.717) is 19.5 Å². The number of carboxylic acids is 1. The van der Waals surface area contributed by atoms with Crippen LogP contribution in [0, 0.1) is 5.92 Å². The number of nitrogens with zero attached hydrogens (tertiary/aromatic N) is 2. The molecule has 0 aromatic heterocycles. The Balaban J connectivity index is 2.16. The largest absolute Gasteiger partial charge is 0.480 e. The van der Waals surface area contributed by atoms with Crippen LogP contribution in [0.5, 0.6) is 0 Å². The lowest BCUT2D eigenvalue weighted by Gasteiger charge is -2.37. The molecule has 0 spiro atoms. The highest BCUT2D eigenvalue weighted by Crippen LogP contribution is 2.34. The highest BCUT2D eigenvalue weighted by atomic mass is 16.4. The summed E-state index contributed by atoms with van der Waals surface area (Å²) in [5.74, 6) is -1.12. The Bertz CT molecular complexity index is 457. The molecular weight excluding hydrogens is 272 g/mol. The highest BCUT2D eigenvalue weighted by Gasteiger charge is 2.45. The first-order valence-electron chi connectivity index (χ1n) is 7.66. The van der Waals surface area contributed by atoms with Crippen molar-refractivity contribution in [2.24, 2.45) is 5.92 Å². The lowest BCUT2D eigenvalue weighted by atomic mass is 10.0. The summed E-state index contributed by atoms with van der Waals surface area (Å²) in [7, 11) is 0. The van der Waals surface area contributed by atoms with Crippen LogP contribution in [0.2, 0.25) is 0 Å². The van der Waals surface area contributed by atoms with Crippen molar-refractivity contribution in [3.63, 3.8) is 0 Å². The maximum absolute atomic E-state index is 12.8. The van der Waals surface area contributed by atoms with Crippen molar-refractivity contribution in [1.29, 1.82) is 0 Å². The molecule has 1 atom stereocenters. The van der Waals surface area contributed by atoms with Gasteiger partial charge < -0.3 is 14.9 Å². The van der Waals surface area contributed by atoms with Crippen molar-refractivity contribution in [1.82, 2.24) is 9.80 Å². The van der Waals surface area contributed by atoms with Crippen LogP contribution in [0.3, 0.4) is 0 Å². The molecule has 1 N–H and O–H groups in total. The Morgan fingerprint density at radius 1 is 1.24 bits per heavy atom. The highest BCUT2D eigenvalue weighted by molar-refractivity contribution is 5.93. The molecule has 0 bridgehead atoms. The van der Waals surface area contributed by atoms with Crippen LogP contribution >= 0.6 is 0 Å². The van der Waals surface area contributed by atoms with Crippen LogP contribution in [0.4, 0.5) is 0 Å². The minimum absolute atomic E-state index is 0.0648. The van der Waals surface area contributed by atoms with Gasteiger partial charge in [0.15, 0.2) is 0 Å². The van der Waals surface area contributed by atoms with Gasteiger partial charge in [-0.1, -0.05) is 0 Å². The molecule has 1 saturated heterocycles. The van der Waals surface area contributed by atoms with Gasteiger partial charge in [-0.15, -0.1) is 0 Å². The second kappa shape index (κ2) is 5.66. The number of amides is 2. The van der Waals surface area contributed by atoms with Crippen LogP contribution in [-0.4, -0.2) is 57.4 Å². The van der Waals surface area contributed by atoms with E-state index in [0.717, 1.165) is 19.3 Å². The molecule has 118 valence electrons. The van der Waals surface area contributed by atoms with Crippen LogP contribution in [-0.2, 0) is 14.4 Å². The van der Waals surface area contributed by atoms with Gasteiger partial charge in [0.25, 0.3) is 0 Å². The van der Waals surface area contributed by atoms with Crippen LogP contribution in [0.1, 0.15) is 46.5 Å². The summed E-state index contributed by atoms with van der Waals surface area (Å²) in [6.07, 6.45) is 3.26. The fraction of sp³-hybridized carbons (Fsp3) is 0.800. The predicted molar refractivity (Wildman–Crippen MR) is 76.6 cm³/mol. The zero-order chi connectivity index (χ0) is 15.8. The normalized spacial score (nSPS) is 22.2. The minimum Gasteiger partial charge on any atom is -0.480 e. The van der Waals surface area contributed by atoms with Gasteiger partial charge in [-0.3, -0.25) is 9.59 Å². The van der Waals surface area contributed by atoms with Gasteiger partial charge in [-0.2, -0.15) is 0 Å². The van der Waals surface area contributed by atoms with E-state index in [1.807, 2.05) is 0 Å². The summed E-state index contributed by atoms with van der Waals surface area (Å²) >= 11 is 0. The monoisotopic (exact) mass is 296 g/mol. The average molecular weight is 296 g/mol. The summed E-state index contributed by atoms with van der Waals surface area (Å²) in [6.45, 7) is 5.75. The predicted octanol–water partition coefficient (Wildman–Crippen LogP) is 1.10. The maximum Gasteiger partial charge on any atom is 0.329 e. The average Bonchev–Trinajstić information content (AvgIpc) is 3.15. The summed E-state index contributed by atoms with van der Waals surface area (Å²) < 4.78 is 0. The third-order valence-corrected chi connectivity index (χ3v) is 4.53. The van der Waals surface area contributed by atoms with E-state index in [1.54, 1.807) is 11.8 Å². The smallest absolute Gasteiger partial charge is 0.329 e. The summed E-state index contributed by atoms with van der Waals surface area (Å²) in [4.78, 5) is 39.5. The minimum atomic E-state index is -1.26. The van der Waals surface area contributed by atoms with Crippen molar-refractivity contribution in [2.45, 2.75) is 58.0 Å². The van der Waals surface area contributed by atoms with Crippen LogP contribution < -0.4 is 0 Å². The SMILES string of the molecule is CCN(C(=O)C1CCCN1C(=O)C1CC1)C(C)(C)C(=O)O. The molecule has 2 rings (SSSR count). The molecule has 2 fully saturated rings. The standard InChI is InChI=1S/C15H24N2O4/c1-4-17(15(2,3)14(20)21)13(19)11-6-5-9-16(11)12(18)10-7-8-10/h10-11H,4-9H2,1-3H3,(H,20,21). The maximum atomic E-state index is 12.8. The van der Waals surface area contributed by atoms with Gasteiger partial charge in [0.2, 0.25) is 11.8 Å². The molecular formula is C15H24N2O4. The van der Waals surface area contributed by atoms with Gasteiger partial charge in [-0.25, -0.2) is 4.79 Å². The number of carbonyl (C=O) groups excluding carboxylic acids is 2. The fourth-order valence-corrected chi connectivity index (χ4v) is 2.97. The van der Waals surface area contributed by atoms with Gasteiger partial charge >= 0.3 is 5.97 Å². The summed E-state index contributed by atoms with van der Waals surface area (Å²) in [5.41, 5.74) is -1.26. The second-order valence-corrected chi connectivity index (χ2v) is 6.41. The number of aliphatic carboxylic acids is 1. The molecule has 0 radical (unpaired) electrons. The van der Waals surface area contributed by atoms with E-state index in [-0.39, 0.29) is 17.7 Å². The number of hydrogen-bond donors (Lipinski definition) is 1. The zero-order valence-corrected chi connectivity index (χ0v) is 13.0. The molecule has 1 aliphatic heterocycles. The number of likely N-dealkylation sites (N-methyl/N-ethyl adjacent to an activating group) is 1. The van der Waals surface area contributed by atoms with Crippen LogP contribution in [0.25, 0.3) is 0 Å². The molecule has 0 aromatic carbocycles. The molecule has 6 nitrogen and oxygen atoms in total. The third-order valence-electron chi connectivity index (χ3n) is 4.53. The van der Waals surface area contributed by atoms with Crippen molar-refractivity contribution < 1.29 is 19.5 Å². The number of carbonyl (C=O) groups is 3. The van der Waals surface area contributed by atoms with E-state index in [9.17, 15) is 19.5 Å². The number of hydrogen-bond acceptors (Lipinski definition) is 3. The van der Waals surface area contributed by atoms with E-state index < -0.39 is 17.6 Å². The van der Waals surface area contributed by atoms with E-state index in [2.05, 4.69) is 0 Å². The van der Waals surface area contributed by atoms with E-state index in [4.69, 9.17) is 0 Å². The molecule has 2 amide bonds. The third kappa shape index (κ3) is 2.89. The first kappa shape index (κ1) is 15.8. The Morgan fingerprint density at radius 3 is 2.33 bits per heavy atom. The Hall–Kier alpha value is -1.59. The number of carboxylic acid groups (broad SMARTS) is 1. The van der Waals surface area contributed by atoms with Gasteiger partial charge in [0, 0.05) is 19.0 Å². The number of rotatable bonds is 5. The zero-order valence-electron chi connectivity index (χ0n) is 13.0.